The molecule has 0 radical (unpaired) electrons. The summed E-state index contributed by atoms with van der Waals surface area (Å²) >= 11 is 0. The van der Waals surface area contributed by atoms with Crippen molar-refractivity contribution in [2.75, 3.05) is 6.54 Å². The van der Waals surface area contributed by atoms with Crippen LogP contribution < -0.4 is 5.32 Å². The minimum Gasteiger partial charge on any atom is -0.355 e. The first kappa shape index (κ1) is 12.0. The van der Waals surface area contributed by atoms with Crippen LogP contribution in [0.1, 0.15) is 34.1 Å². The van der Waals surface area contributed by atoms with Crippen LogP contribution in [0.3, 0.4) is 0 Å². The Bertz CT molecular complexity index is 210. The van der Waals surface area contributed by atoms with E-state index in [1.54, 1.807) is 6.92 Å². The van der Waals surface area contributed by atoms with Crippen LogP contribution in [-0.4, -0.2) is 12.5 Å². The minimum absolute atomic E-state index is 0.0139. The number of carbonyl (C=O) groups excluding carboxylic acids is 1. The predicted octanol–water partition coefficient (Wildman–Crippen LogP) is 1.70. The second-order valence-corrected chi connectivity index (χ2v) is 4.57. The maximum absolute atomic E-state index is 11.3. The van der Waals surface area contributed by atoms with Crippen molar-refractivity contribution in [1.29, 1.82) is 5.26 Å². The van der Waals surface area contributed by atoms with Gasteiger partial charge in [-0.05, 0) is 12.3 Å². The van der Waals surface area contributed by atoms with Crippen molar-refractivity contribution in [3.63, 3.8) is 0 Å². The molecular formula is C10H18N2O. The van der Waals surface area contributed by atoms with Gasteiger partial charge in [-0.25, -0.2) is 0 Å². The Kier molecular flexibility index (Phi) is 4.47. The van der Waals surface area contributed by atoms with E-state index in [0.717, 1.165) is 0 Å². The minimum atomic E-state index is -0.107. The van der Waals surface area contributed by atoms with Gasteiger partial charge in [0.1, 0.15) is 0 Å². The van der Waals surface area contributed by atoms with Gasteiger partial charge < -0.3 is 5.32 Å². The zero-order valence-corrected chi connectivity index (χ0v) is 8.85. The van der Waals surface area contributed by atoms with Gasteiger partial charge in [-0.15, -0.1) is 0 Å². The first-order valence-electron chi connectivity index (χ1n) is 4.51. The van der Waals surface area contributed by atoms with Crippen LogP contribution in [0.4, 0.5) is 0 Å². The van der Waals surface area contributed by atoms with E-state index in [1.807, 2.05) is 20.8 Å². The van der Waals surface area contributed by atoms with Gasteiger partial charge in [0.05, 0.1) is 12.0 Å². The van der Waals surface area contributed by atoms with E-state index in [1.165, 1.54) is 0 Å². The molecule has 0 aromatic rings. The van der Waals surface area contributed by atoms with Crippen LogP contribution in [0.25, 0.3) is 0 Å². The molecule has 13 heavy (non-hydrogen) atoms. The zero-order chi connectivity index (χ0) is 10.5. The third-order valence-electron chi connectivity index (χ3n) is 1.52. The lowest BCUT2D eigenvalue weighted by molar-refractivity contribution is -0.122. The van der Waals surface area contributed by atoms with Gasteiger partial charge in [0.2, 0.25) is 5.91 Å². The highest BCUT2D eigenvalue weighted by atomic mass is 16.1. The van der Waals surface area contributed by atoms with E-state index < -0.39 is 0 Å². The molecule has 1 N–H and O–H groups in total. The summed E-state index contributed by atoms with van der Waals surface area (Å²) in [4.78, 5) is 11.3. The van der Waals surface area contributed by atoms with Crippen molar-refractivity contribution < 1.29 is 4.79 Å². The van der Waals surface area contributed by atoms with Gasteiger partial charge in [-0.3, -0.25) is 4.79 Å². The van der Waals surface area contributed by atoms with Crippen molar-refractivity contribution in [2.24, 2.45) is 11.3 Å². The average Bonchev–Trinajstić information content (AvgIpc) is 1.97. The fourth-order valence-electron chi connectivity index (χ4n) is 0.857. The number of nitrogens with zero attached hydrogens (tertiary/aromatic N) is 1. The number of amides is 1. The zero-order valence-electron chi connectivity index (χ0n) is 8.85. The molecule has 0 aliphatic carbocycles. The second-order valence-electron chi connectivity index (χ2n) is 4.57. The lowest BCUT2D eigenvalue weighted by Gasteiger charge is -2.17. The topological polar surface area (TPSA) is 52.9 Å². The molecule has 1 unspecified atom stereocenters. The molecule has 0 aliphatic heterocycles. The van der Waals surface area contributed by atoms with E-state index in [-0.39, 0.29) is 17.2 Å². The first-order chi connectivity index (χ1) is 5.85. The summed E-state index contributed by atoms with van der Waals surface area (Å²) < 4.78 is 0. The number of nitrogens with one attached hydrogen (secondary N) is 1. The molecule has 3 nitrogen and oxygen atoms in total. The number of rotatable bonds is 3. The van der Waals surface area contributed by atoms with Gasteiger partial charge in [-0.1, -0.05) is 20.8 Å². The molecule has 74 valence electrons. The highest BCUT2D eigenvalue weighted by Crippen LogP contribution is 2.17. The Hall–Kier alpha value is -1.04. The van der Waals surface area contributed by atoms with Crippen molar-refractivity contribution in [3.05, 3.63) is 0 Å². The third-order valence-corrected chi connectivity index (χ3v) is 1.52. The number of hydrogen-bond acceptors (Lipinski definition) is 2. The normalized spacial score (nSPS) is 13.2. The Morgan fingerprint density at radius 2 is 2.08 bits per heavy atom. The first-order valence-corrected chi connectivity index (χ1v) is 4.51. The van der Waals surface area contributed by atoms with E-state index in [2.05, 4.69) is 11.4 Å². The molecule has 0 aliphatic rings. The smallest absolute Gasteiger partial charge is 0.220 e. The SMILES string of the molecule is CC(C#N)CNC(=O)CC(C)(C)C. The highest BCUT2D eigenvalue weighted by Gasteiger charge is 2.15. The van der Waals surface area contributed by atoms with E-state index in [0.29, 0.717) is 13.0 Å². The van der Waals surface area contributed by atoms with Crippen LogP contribution in [0.5, 0.6) is 0 Å². The van der Waals surface area contributed by atoms with Gasteiger partial charge in [-0.2, -0.15) is 5.26 Å². The average molecular weight is 182 g/mol. The van der Waals surface area contributed by atoms with Crippen molar-refractivity contribution in [3.8, 4) is 6.07 Å². The molecule has 0 heterocycles. The molecule has 1 amide bonds. The molecule has 0 saturated carbocycles. The fraction of sp³-hybridized carbons (Fsp3) is 0.800. The summed E-state index contributed by atoms with van der Waals surface area (Å²) in [5, 5.41) is 11.2. The van der Waals surface area contributed by atoms with Crippen LogP contribution in [-0.2, 0) is 4.79 Å². The van der Waals surface area contributed by atoms with Crippen molar-refractivity contribution >= 4 is 5.91 Å². The highest BCUT2D eigenvalue weighted by molar-refractivity contribution is 5.76. The second kappa shape index (κ2) is 4.86. The summed E-state index contributed by atoms with van der Waals surface area (Å²) in [6.45, 7) is 8.28. The lowest BCUT2D eigenvalue weighted by Crippen LogP contribution is -2.30. The summed E-state index contributed by atoms with van der Waals surface area (Å²) in [6, 6.07) is 2.07. The summed E-state index contributed by atoms with van der Waals surface area (Å²) in [5.74, 6) is -0.0847. The maximum atomic E-state index is 11.3. The summed E-state index contributed by atoms with van der Waals surface area (Å²) in [7, 11) is 0. The summed E-state index contributed by atoms with van der Waals surface area (Å²) in [5.41, 5.74) is 0.0139. The quantitative estimate of drug-likeness (QED) is 0.722. The molecular weight excluding hydrogens is 164 g/mol. The number of hydrogen-bond donors (Lipinski definition) is 1. The predicted molar refractivity (Wildman–Crippen MR) is 51.9 cm³/mol. The molecule has 3 heteroatoms. The maximum Gasteiger partial charge on any atom is 0.220 e. The fourth-order valence-corrected chi connectivity index (χ4v) is 0.857. The third kappa shape index (κ3) is 7.32. The molecule has 0 aromatic heterocycles. The Morgan fingerprint density at radius 1 is 1.54 bits per heavy atom. The van der Waals surface area contributed by atoms with Crippen LogP contribution in [0.2, 0.25) is 0 Å². The molecule has 0 bridgehead atoms. The monoisotopic (exact) mass is 182 g/mol. The lowest BCUT2D eigenvalue weighted by atomic mass is 9.92. The molecule has 0 saturated heterocycles. The molecule has 0 aromatic carbocycles. The van der Waals surface area contributed by atoms with Crippen molar-refractivity contribution in [1.82, 2.24) is 5.32 Å². The number of nitriles is 1. The van der Waals surface area contributed by atoms with Gasteiger partial charge in [0.15, 0.2) is 0 Å². The van der Waals surface area contributed by atoms with Crippen LogP contribution >= 0.6 is 0 Å². The Morgan fingerprint density at radius 3 is 2.46 bits per heavy atom. The standard InChI is InChI=1S/C10H18N2O/c1-8(6-11)7-12-9(13)5-10(2,3)4/h8H,5,7H2,1-4H3,(H,12,13). The Balaban J connectivity index is 3.72. The number of carbonyl (C=O) groups is 1. The summed E-state index contributed by atoms with van der Waals surface area (Å²) in [6.07, 6.45) is 0.505. The van der Waals surface area contributed by atoms with E-state index in [9.17, 15) is 4.79 Å². The van der Waals surface area contributed by atoms with E-state index in [4.69, 9.17) is 5.26 Å². The van der Waals surface area contributed by atoms with Gasteiger partial charge in [0, 0.05) is 13.0 Å². The van der Waals surface area contributed by atoms with Crippen LogP contribution in [0.15, 0.2) is 0 Å². The molecule has 0 rings (SSSR count). The van der Waals surface area contributed by atoms with Gasteiger partial charge >= 0.3 is 0 Å². The Labute approximate surface area is 80.1 Å². The molecule has 0 spiro atoms. The largest absolute Gasteiger partial charge is 0.355 e. The molecule has 1 atom stereocenters. The van der Waals surface area contributed by atoms with Crippen molar-refractivity contribution in [2.45, 2.75) is 34.1 Å². The van der Waals surface area contributed by atoms with Crippen LogP contribution in [0, 0.1) is 22.7 Å². The van der Waals surface area contributed by atoms with Gasteiger partial charge in [0.25, 0.3) is 0 Å². The van der Waals surface area contributed by atoms with E-state index >= 15 is 0 Å². The molecule has 0 fully saturated rings.